The van der Waals surface area contributed by atoms with E-state index in [-0.39, 0.29) is 10.6 Å². The Morgan fingerprint density at radius 2 is 2.05 bits per heavy atom. The lowest BCUT2D eigenvalue weighted by Gasteiger charge is -2.17. The van der Waals surface area contributed by atoms with Crippen LogP contribution >= 0.6 is 11.8 Å². The van der Waals surface area contributed by atoms with Gasteiger partial charge in [-0.3, -0.25) is 4.90 Å². The Bertz CT molecular complexity index is 490. The molecule has 0 radical (unpaired) electrons. The maximum Gasteiger partial charge on any atom is 0.329 e. The van der Waals surface area contributed by atoms with Gasteiger partial charge in [0.2, 0.25) is 0 Å². The fourth-order valence-corrected chi connectivity index (χ4v) is 2.02. The van der Waals surface area contributed by atoms with Crippen molar-refractivity contribution in [1.82, 2.24) is 10.1 Å². The number of likely N-dealkylation sites (N-methyl/N-ethyl adjacent to an activating group) is 1. The Labute approximate surface area is 115 Å². The number of carbonyl (C=O) groups is 1. The number of carbonyl (C=O) groups excluding carboxylic acids is 1. The number of hydrogen-bond acceptors (Lipinski definition) is 6. The lowest BCUT2D eigenvalue weighted by atomic mass is 10.1. The third-order valence-electron chi connectivity index (χ3n) is 3.28. The van der Waals surface area contributed by atoms with Crippen molar-refractivity contribution < 1.29 is 19.5 Å². The fraction of sp³-hybridized carbons (Fsp3) is 0.636. The number of aromatic nitrogens is 1. The van der Waals surface area contributed by atoms with Crippen LogP contribution in [0.2, 0.25) is 0 Å². The lowest BCUT2D eigenvalue weighted by Crippen LogP contribution is -2.36. The number of aliphatic hydroxyl groups excluding tert-OH is 2. The highest BCUT2D eigenvalue weighted by Crippen LogP contribution is 2.36. The minimum Gasteiger partial charge on any atom is -0.369 e. The van der Waals surface area contributed by atoms with Crippen LogP contribution in [0.1, 0.15) is 19.6 Å². The molecule has 1 saturated heterocycles. The van der Waals surface area contributed by atoms with Gasteiger partial charge in [-0.05, 0) is 20.1 Å². The number of urea groups is 1. The fourth-order valence-electron chi connectivity index (χ4n) is 1.73. The molecule has 1 aromatic rings. The number of rotatable bonds is 3. The monoisotopic (exact) mass is 287 g/mol. The summed E-state index contributed by atoms with van der Waals surface area (Å²) in [7, 11) is 1.41. The van der Waals surface area contributed by atoms with Crippen LogP contribution < -0.4 is 4.90 Å². The molecule has 8 heteroatoms. The lowest BCUT2D eigenvalue weighted by molar-refractivity contribution is -0.0184. The van der Waals surface area contributed by atoms with Gasteiger partial charge in [-0.2, -0.15) is 11.8 Å². The molecule has 1 aliphatic heterocycles. The average molecular weight is 287 g/mol. The van der Waals surface area contributed by atoms with Crippen LogP contribution in [-0.2, 0) is 4.75 Å². The molecule has 0 bridgehead atoms. The summed E-state index contributed by atoms with van der Waals surface area (Å²) in [4.78, 5) is 13.9. The van der Waals surface area contributed by atoms with Crippen LogP contribution in [0.15, 0.2) is 10.6 Å². The minimum atomic E-state index is -1.35. The van der Waals surface area contributed by atoms with Gasteiger partial charge in [0.1, 0.15) is 0 Å². The van der Waals surface area contributed by atoms with E-state index in [0.29, 0.717) is 5.76 Å². The van der Waals surface area contributed by atoms with E-state index in [1.54, 1.807) is 17.8 Å². The van der Waals surface area contributed by atoms with Crippen molar-refractivity contribution in [2.45, 2.75) is 31.1 Å². The molecule has 0 spiro atoms. The Balaban J connectivity index is 2.31. The predicted molar refractivity (Wildman–Crippen MR) is 70.7 cm³/mol. The molecular formula is C11H17N3O4S. The Hall–Kier alpha value is -1.25. The molecule has 1 aromatic heterocycles. The van der Waals surface area contributed by atoms with Crippen molar-refractivity contribution in [1.29, 1.82) is 0 Å². The molecule has 0 aliphatic carbocycles. The van der Waals surface area contributed by atoms with Crippen molar-refractivity contribution in [3.05, 3.63) is 11.8 Å². The first-order valence-corrected chi connectivity index (χ1v) is 6.96. The summed E-state index contributed by atoms with van der Waals surface area (Å²) < 4.78 is 4.94. The third kappa shape index (κ3) is 2.19. The molecule has 7 nitrogen and oxygen atoms in total. The van der Waals surface area contributed by atoms with Crippen LogP contribution in [0.3, 0.4) is 0 Å². The van der Waals surface area contributed by atoms with E-state index >= 15 is 0 Å². The maximum atomic E-state index is 11.9. The van der Waals surface area contributed by atoms with Crippen LogP contribution in [-0.4, -0.2) is 52.1 Å². The van der Waals surface area contributed by atoms with Gasteiger partial charge in [0, 0.05) is 13.1 Å². The highest BCUT2D eigenvalue weighted by atomic mass is 32.2. The van der Waals surface area contributed by atoms with Crippen molar-refractivity contribution in [2.24, 2.45) is 0 Å². The standard InChI is InChI=1S/C11H17N3O4S/c1-11(2,19-4)6-5-7(12-18-6)14-9(16)8(15)13(3)10(14)17/h5,8-9,15-16H,1-4H3. The number of thioether (sulfide) groups is 1. The molecule has 2 N–H and O–H groups in total. The van der Waals surface area contributed by atoms with Crippen LogP contribution in [0, 0.1) is 0 Å². The second-order valence-electron chi connectivity index (χ2n) is 4.85. The van der Waals surface area contributed by atoms with Gasteiger partial charge in [0.05, 0.1) is 4.75 Å². The first-order valence-electron chi connectivity index (χ1n) is 5.74. The molecule has 0 saturated carbocycles. The van der Waals surface area contributed by atoms with Crippen molar-refractivity contribution in [3.63, 3.8) is 0 Å². The first kappa shape index (κ1) is 14.2. The zero-order valence-corrected chi connectivity index (χ0v) is 12.0. The molecule has 2 unspecified atom stereocenters. The molecule has 2 atom stereocenters. The molecule has 2 heterocycles. The van der Waals surface area contributed by atoms with Gasteiger partial charge >= 0.3 is 6.03 Å². The zero-order valence-electron chi connectivity index (χ0n) is 11.2. The molecule has 0 aromatic carbocycles. The summed E-state index contributed by atoms with van der Waals surface area (Å²) in [5, 5.41) is 23.3. The molecule has 106 valence electrons. The maximum absolute atomic E-state index is 11.9. The van der Waals surface area contributed by atoms with E-state index in [0.717, 1.165) is 9.80 Å². The molecule has 2 amide bonds. The number of aliphatic hydroxyl groups is 2. The Morgan fingerprint density at radius 1 is 1.42 bits per heavy atom. The van der Waals surface area contributed by atoms with Crippen molar-refractivity contribution in [3.8, 4) is 0 Å². The van der Waals surface area contributed by atoms with Crippen LogP contribution in [0.4, 0.5) is 10.6 Å². The van der Waals surface area contributed by atoms with Gasteiger partial charge < -0.3 is 14.7 Å². The second-order valence-corrected chi connectivity index (χ2v) is 6.28. The smallest absolute Gasteiger partial charge is 0.329 e. The number of anilines is 1. The molecule has 19 heavy (non-hydrogen) atoms. The minimum absolute atomic E-state index is 0.193. The second kappa shape index (κ2) is 4.69. The molecule has 1 aliphatic rings. The van der Waals surface area contributed by atoms with Crippen LogP contribution in [0.5, 0.6) is 0 Å². The quantitative estimate of drug-likeness (QED) is 0.854. The highest BCUT2D eigenvalue weighted by molar-refractivity contribution is 7.99. The molecule has 2 rings (SSSR count). The number of hydrogen-bond donors (Lipinski definition) is 2. The van der Waals surface area contributed by atoms with E-state index in [2.05, 4.69) is 5.16 Å². The van der Waals surface area contributed by atoms with Gasteiger partial charge in [-0.1, -0.05) is 5.16 Å². The van der Waals surface area contributed by atoms with Gasteiger partial charge in [0.15, 0.2) is 24.0 Å². The van der Waals surface area contributed by atoms with E-state index in [1.807, 2.05) is 20.1 Å². The number of nitrogens with zero attached hydrogens (tertiary/aromatic N) is 3. The Kier molecular flexibility index (Phi) is 3.50. The topological polar surface area (TPSA) is 90.0 Å². The highest BCUT2D eigenvalue weighted by Gasteiger charge is 2.44. The molecule has 1 fully saturated rings. The van der Waals surface area contributed by atoms with E-state index in [4.69, 9.17) is 4.52 Å². The van der Waals surface area contributed by atoms with E-state index in [1.165, 1.54) is 7.05 Å². The number of amides is 2. The van der Waals surface area contributed by atoms with Crippen molar-refractivity contribution in [2.75, 3.05) is 18.2 Å². The summed E-state index contributed by atoms with van der Waals surface area (Å²) in [6, 6.07) is 1.07. The van der Waals surface area contributed by atoms with Crippen molar-refractivity contribution >= 4 is 23.6 Å². The third-order valence-corrected chi connectivity index (χ3v) is 4.51. The van der Waals surface area contributed by atoms with E-state index < -0.39 is 18.5 Å². The van der Waals surface area contributed by atoms with E-state index in [9.17, 15) is 15.0 Å². The summed E-state index contributed by atoms with van der Waals surface area (Å²) >= 11 is 1.58. The summed E-state index contributed by atoms with van der Waals surface area (Å²) in [6.45, 7) is 3.93. The predicted octanol–water partition coefficient (Wildman–Crippen LogP) is 0.781. The zero-order chi connectivity index (χ0) is 14.4. The normalized spacial score (nSPS) is 24.4. The SMILES string of the molecule is CSC(C)(C)c1cc(N2C(=O)N(C)C(O)C2O)no1. The first-order chi connectivity index (χ1) is 8.79. The summed E-state index contributed by atoms with van der Waals surface area (Å²) in [5.41, 5.74) is 0. The molecular weight excluding hydrogens is 270 g/mol. The summed E-state index contributed by atoms with van der Waals surface area (Å²) in [5.74, 6) is 0.789. The van der Waals surface area contributed by atoms with Gasteiger partial charge in [-0.25, -0.2) is 9.69 Å². The van der Waals surface area contributed by atoms with Gasteiger partial charge in [0.25, 0.3) is 0 Å². The summed E-state index contributed by atoms with van der Waals surface area (Å²) in [6.07, 6.45) is -0.690. The average Bonchev–Trinajstić information content (AvgIpc) is 2.92. The van der Waals surface area contributed by atoms with Gasteiger partial charge in [-0.15, -0.1) is 0 Å². The Morgan fingerprint density at radius 3 is 2.53 bits per heavy atom. The van der Waals surface area contributed by atoms with Crippen LogP contribution in [0.25, 0.3) is 0 Å². The largest absolute Gasteiger partial charge is 0.369 e.